The van der Waals surface area contributed by atoms with E-state index in [9.17, 15) is 4.39 Å². The number of hydrogen-bond acceptors (Lipinski definition) is 5. The monoisotopic (exact) mass is 310 g/mol. The summed E-state index contributed by atoms with van der Waals surface area (Å²) in [7, 11) is 0. The molecule has 7 heteroatoms. The van der Waals surface area contributed by atoms with Gasteiger partial charge in [0.25, 0.3) is 0 Å². The van der Waals surface area contributed by atoms with E-state index in [0.29, 0.717) is 31.1 Å². The molecule has 112 valence electrons. The van der Waals surface area contributed by atoms with Crippen LogP contribution in [0.5, 0.6) is 6.01 Å². The molecule has 1 N–H and O–H groups in total. The van der Waals surface area contributed by atoms with Crippen LogP contribution < -0.4 is 10.1 Å². The molecule has 0 spiro atoms. The maximum atomic E-state index is 13.5. The molecule has 0 aliphatic carbocycles. The lowest BCUT2D eigenvalue weighted by molar-refractivity contribution is 0.291. The second-order valence-electron chi connectivity index (χ2n) is 4.33. The number of aromatic nitrogens is 3. The number of hydrogen-bond donors (Lipinski definition) is 1. The van der Waals surface area contributed by atoms with Crippen LogP contribution in [0.4, 0.5) is 10.3 Å². The van der Waals surface area contributed by atoms with E-state index in [1.54, 1.807) is 18.2 Å². The van der Waals surface area contributed by atoms with Crippen LogP contribution in [-0.4, -0.2) is 28.1 Å². The van der Waals surface area contributed by atoms with Gasteiger partial charge in [0.1, 0.15) is 5.82 Å². The van der Waals surface area contributed by atoms with Crippen molar-refractivity contribution in [3.05, 3.63) is 40.9 Å². The summed E-state index contributed by atoms with van der Waals surface area (Å²) in [6.07, 6.45) is 1.36. The van der Waals surface area contributed by atoms with Gasteiger partial charge in [0.05, 0.1) is 6.61 Å². The summed E-state index contributed by atoms with van der Waals surface area (Å²) in [5.41, 5.74) is 0.632. The first-order valence-electron chi connectivity index (χ1n) is 6.70. The molecule has 0 saturated heterocycles. The predicted octanol–water partition coefficient (Wildman–Crippen LogP) is 3.11. The summed E-state index contributed by atoms with van der Waals surface area (Å²) in [6.45, 7) is 2.97. The molecule has 0 radical (unpaired) electrons. The molecule has 0 aliphatic heterocycles. The van der Waals surface area contributed by atoms with Crippen LogP contribution >= 0.6 is 11.6 Å². The molecule has 2 aromatic rings. The highest BCUT2D eigenvalue weighted by atomic mass is 35.5. The van der Waals surface area contributed by atoms with Crippen molar-refractivity contribution < 1.29 is 9.13 Å². The van der Waals surface area contributed by atoms with Crippen LogP contribution in [-0.2, 0) is 6.42 Å². The van der Waals surface area contributed by atoms with Gasteiger partial charge >= 0.3 is 6.01 Å². The molecular weight excluding hydrogens is 295 g/mol. The Hall–Kier alpha value is -1.95. The van der Waals surface area contributed by atoms with Crippen LogP contribution in [0.3, 0.4) is 0 Å². The van der Waals surface area contributed by atoms with Gasteiger partial charge in [-0.05, 0) is 36.1 Å². The lowest BCUT2D eigenvalue weighted by Gasteiger charge is -2.07. The highest BCUT2D eigenvalue weighted by molar-refractivity contribution is 6.28. The lowest BCUT2D eigenvalue weighted by Crippen LogP contribution is -2.11. The minimum absolute atomic E-state index is 0.0597. The van der Waals surface area contributed by atoms with Crippen molar-refractivity contribution in [2.24, 2.45) is 0 Å². The predicted molar refractivity (Wildman–Crippen MR) is 79.2 cm³/mol. The Morgan fingerprint density at radius 3 is 2.81 bits per heavy atom. The summed E-state index contributed by atoms with van der Waals surface area (Å²) in [6, 6.07) is 6.83. The zero-order valence-corrected chi connectivity index (χ0v) is 12.4. The lowest BCUT2D eigenvalue weighted by atomic mass is 10.1. The Morgan fingerprint density at radius 2 is 2.05 bits per heavy atom. The minimum atomic E-state index is -0.222. The average molecular weight is 311 g/mol. The number of benzene rings is 1. The van der Waals surface area contributed by atoms with Crippen molar-refractivity contribution in [2.75, 3.05) is 18.5 Å². The molecule has 0 bridgehead atoms. The Bertz CT molecular complexity index is 597. The van der Waals surface area contributed by atoms with Gasteiger partial charge in [-0.25, -0.2) is 4.39 Å². The molecule has 21 heavy (non-hydrogen) atoms. The molecule has 0 atom stereocenters. The maximum absolute atomic E-state index is 13.5. The number of nitrogens with one attached hydrogen (secondary N) is 1. The average Bonchev–Trinajstić information content (AvgIpc) is 2.47. The summed E-state index contributed by atoms with van der Waals surface area (Å²) in [5, 5.41) is 3.04. The fraction of sp³-hybridized carbons (Fsp3) is 0.357. The second kappa shape index (κ2) is 7.73. The third-order valence-corrected chi connectivity index (χ3v) is 2.83. The molecule has 0 fully saturated rings. The number of anilines is 1. The summed E-state index contributed by atoms with van der Waals surface area (Å²) in [5.74, 6) is 0.0948. The summed E-state index contributed by atoms with van der Waals surface area (Å²) >= 11 is 5.81. The molecule has 1 heterocycles. The van der Waals surface area contributed by atoms with Gasteiger partial charge in [-0.15, -0.1) is 0 Å². The first-order chi connectivity index (χ1) is 10.2. The number of halogens is 2. The van der Waals surface area contributed by atoms with Crippen LogP contribution in [0.1, 0.15) is 18.9 Å². The highest BCUT2D eigenvalue weighted by Gasteiger charge is 2.06. The van der Waals surface area contributed by atoms with Crippen LogP contribution in [0.15, 0.2) is 24.3 Å². The minimum Gasteiger partial charge on any atom is -0.463 e. The summed E-state index contributed by atoms with van der Waals surface area (Å²) < 4.78 is 18.8. The molecule has 1 aromatic carbocycles. The van der Waals surface area contributed by atoms with Crippen molar-refractivity contribution in [1.29, 1.82) is 0 Å². The van der Waals surface area contributed by atoms with E-state index >= 15 is 0 Å². The zero-order chi connectivity index (χ0) is 15.1. The van der Waals surface area contributed by atoms with Gasteiger partial charge in [-0.1, -0.05) is 25.1 Å². The van der Waals surface area contributed by atoms with Crippen LogP contribution in [0, 0.1) is 5.82 Å². The van der Waals surface area contributed by atoms with E-state index in [4.69, 9.17) is 16.3 Å². The third-order valence-electron chi connectivity index (χ3n) is 2.66. The van der Waals surface area contributed by atoms with Crippen LogP contribution in [0.25, 0.3) is 0 Å². The molecule has 0 amide bonds. The standard InChI is InChI=1S/C14H16ClFN4O/c1-2-9-21-14-19-12(15)18-13(20-14)17-8-7-10-5-3-4-6-11(10)16/h3-6H,2,7-9H2,1H3,(H,17,18,19,20). The van der Waals surface area contributed by atoms with Gasteiger partial charge in [0.15, 0.2) is 0 Å². The number of ether oxygens (including phenoxy) is 1. The van der Waals surface area contributed by atoms with Crippen molar-refractivity contribution >= 4 is 17.5 Å². The Labute approximate surface area is 127 Å². The molecule has 0 unspecified atom stereocenters. The van der Waals surface area contributed by atoms with E-state index in [0.717, 1.165) is 6.42 Å². The first kappa shape index (κ1) is 15.4. The van der Waals surface area contributed by atoms with Crippen molar-refractivity contribution in [3.8, 4) is 6.01 Å². The van der Waals surface area contributed by atoms with Crippen molar-refractivity contribution in [1.82, 2.24) is 15.0 Å². The fourth-order valence-electron chi connectivity index (χ4n) is 1.68. The molecule has 2 rings (SSSR count). The van der Waals surface area contributed by atoms with Crippen molar-refractivity contribution in [2.45, 2.75) is 19.8 Å². The molecule has 0 saturated carbocycles. The van der Waals surface area contributed by atoms with Gasteiger partial charge in [-0.2, -0.15) is 15.0 Å². The normalized spacial score (nSPS) is 10.4. The molecule has 5 nitrogen and oxygen atoms in total. The van der Waals surface area contributed by atoms with Gasteiger partial charge in [-0.3, -0.25) is 0 Å². The van der Waals surface area contributed by atoms with E-state index in [1.807, 2.05) is 6.92 Å². The SMILES string of the molecule is CCCOc1nc(Cl)nc(NCCc2ccccc2F)n1. The zero-order valence-electron chi connectivity index (χ0n) is 11.6. The van der Waals surface area contributed by atoms with E-state index in [1.165, 1.54) is 6.07 Å². The van der Waals surface area contributed by atoms with E-state index < -0.39 is 0 Å². The summed E-state index contributed by atoms with van der Waals surface area (Å²) in [4.78, 5) is 11.9. The Kier molecular flexibility index (Phi) is 5.68. The number of nitrogens with zero attached hydrogens (tertiary/aromatic N) is 3. The first-order valence-corrected chi connectivity index (χ1v) is 7.08. The highest BCUT2D eigenvalue weighted by Crippen LogP contribution is 2.12. The smallest absolute Gasteiger partial charge is 0.322 e. The van der Waals surface area contributed by atoms with Gasteiger partial charge < -0.3 is 10.1 Å². The number of rotatable bonds is 7. The van der Waals surface area contributed by atoms with Crippen molar-refractivity contribution in [3.63, 3.8) is 0 Å². The molecule has 0 aliphatic rings. The van der Waals surface area contributed by atoms with E-state index in [2.05, 4.69) is 20.3 Å². The maximum Gasteiger partial charge on any atom is 0.322 e. The van der Waals surface area contributed by atoms with E-state index in [-0.39, 0.29) is 17.1 Å². The molecule has 1 aromatic heterocycles. The van der Waals surface area contributed by atoms with Gasteiger partial charge in [0.2, 0.25) is 11.2 Å². The van der Waals surface area contributed by atoms with Crippen LogP contribution in [0.2, 0.25) is 5.28 Å². The fourth-order valence-corrected chi connectivity index (χ4v) is 1.83. The Balaban J connectivity index is 1.93. The quantitative estimate of drug-likeness (QED) is 0.851. The Morgan fingerprint density at radius 1 is 1.24 bits per heavy atom. The largest absolute Gasteiger partial charge is 0.463 e. The second-order valence-corrected chi connectivity index (χ2v) is 4.67. The topological polar surface area (TPSA) is 59.9 Å². The van der Waals surface area contributed by atoms with Gasteiger partial charge in [0, 0.05) is 6.54 Å². The molecular formula is C14H16ClFN4O. The third kappa shape index (κ3) is 4.82.